The second-order valence-electron chi connectivity index (χ2n) is 5.72. The fraction of sp³-hybridized carbons (Fsp3) is 0.769. The predicted molar refractivity (Wildman–Crippen MR) is 70.7 cm³/mol. The van der Waals surface area contributed by atoms with Crippen molar-refractivity contribution in [3.05, 3.63) is 0 Å². The van der Waals surface area contributed by atoms with E-state index in [9.17, 15) is 14.4 Å². The molecule has 1 heterocycles. The summed E-state index contributed by atoms with van der Waals surface area (Å²) >= 11 is 0. The highest BCUT2D eigenvalue weighted by molar-refractivity contribution is 6.01. The number of nitrogens with one attached hydrogen (secondary N) is 1. The normalized spacial score (nSPS) is 20.5. The number of hydrogen-bond acceptors (Lipinski definition) is 4. The van der Waals surface area contributed by atoms with E-state index in [0.717, 1.165) is 12.8 Å². The number of urea groups is 1. The van der Waals surface area contributed by atoms with Gasteiger partial charge in [0.15, 0.2) is 0 Å². The minimum absolute atomic E-state index is 0.0980. The van der Waals surface area contributed by atoms with Gasteiger partial charge in [0.1, 0.15) is 6.54 Å². The zero-order valence-electron chi connectivity index (χ0n) is 11.7. The number of likely N-dealkylation sites (N-methyl/N-ethyl adjacent to an activating group) is 1. The standard InChI is InChI=1S/C13H21N3O4/c1-15-7-11(19)16(12(15)20)6-2-3-10(18)14-8-13(9-17)4-5-13/h17H,2-9H2,1H3,(H,14,18). The predicted octanol–water partition coefficient (Wildman–Crippen LogP) is -0.451. The minimum Gasteiger partial charge on any atom is -0.396 e. The first-order valence-corrected chi connectivity index (χ1v) is 6.90. The van der Waals surface area contributed by atoms with E-state index < -0.39 is 0 Å². The molecular weight excluding hydrogens is 262 g/mol. The average molecular weight is 283 g/mol. The maximum absolute atomic E-state index is 11.6. The number of amides is 4. The molecule has 0 unspecified atom stereocenters. The Balaban J connectivity index is 1.64. The van der Waals surface area contributed by atoms with Gasteiger partial charge in [-0.25, -0.2) is 4.79 Å². The maximum Gasteiger partial charge on any atom is 0.326 e. The maximum atomic E-state index is 11.6. The summed E-state index contributed by atoms with van der Waals surface area (Å²) in [5.74, 6) is -0.313. The molecule has 1 saturated carbocycles. The highest BCUT2D eigenvalue weighted by atomic mass is 16.3. The summed E-state index contributed by atoms with van der Waals surface area (Å²) in [5, 5.41) is 11.9. The Labute approximate surface area is 117 Å². The summed E-state index contributed by atoms with van der Waals surface area (Å²) in [6.07, 6.45) is 2.64. The van der Waals surface area contributed by atoms with Gasteiger partial charge in [0.2, 0.25) is 11.8 Å². The Hall–Kier alpha value is -1.63. The molecule has 2 N–H and O–H groups in total. The third-order valence-electron chi connectivity index (χ3n) is 3.97. The monoisotopic (exact) mass is 283 g/mol. The number of hydrogen-bond donors (Lipinski definition) is 2. The average Bonchev–Trinajstić information content (AvgIpc) is 3.16. The molecule has 7 nitrogen and oxygen atoms in total. The highest BCUT2D eigenvalue weighted by Gasteiger charge is 2.42. The number of rotatable bonds is 7. The van der Waals surface area contributed by atoms with Crippen molar-refractivity contribution in [3.8, 4) is 0 Å². The van der Waals surface area contributed by atoms with E-state index in [1.165, 1.54) is 9.80 Å². The van der Waals surface area contributed by atoms with Crippen LogP contribution in [0.3, 0.4) is 0 Å². The Kier molecular flexibility index (Phi) is 4.27. The van der Waals surface area contributed by atoms with Crippen LogP contribution in [-0.2, 0) is 9.59 Å². The molecular formula is C13H21N3O4. The Bertz CT molecular complexity index is 420. The molecule has 2 rings (SSSR count). The lowest BCUT2D eigenvalue weighted by molar-refractivity contribution is -0.126. The molecule has 0 aromatic rings. The number of imide groups is 1. The summed E-state index contributed by atoms with van der Waals surface area (Å²) in [6, 6.07) is -0.298. The number of nitrogens with zero attached hydrogens (tertiary/aromatic N) is 2. The van der Waals surface area contributed by atoms with Gasteiger partial charge in [-0.3, -0.25) is 14.5 Å². The van der Waals surface area contributed by atoms with Crippen molar-refractivity contribution in [3.63, 3.8) is 0 Å². The van der Waals surface area contributed by atoms with Gasteiger partial charge in [0.05, 0.1) is 6.61 Å². The van der Waals surface area contributed by atoms with Crippen molar-refractivity contribution in [1.82, 2.24) is 15.1 Å². The van der Waals surface area contributed by atoms with Gasteiger partial charge in [0.25, 0.3) is 0 Å². The lowest BCUT2D eigenvalue weighted by Crippen LogP contribution is -2.34. The van der Waals surface area contributed by atoms with Crippen LogP contribution in [0.2, 0.25) is 0 Å². The Morgan fingerprint density at radius 1 is 1.40 bits per heavy atom. The quantitative estimate of drug-likeness (QED) is 0.619. The van der Waals surface area contributed by atoms with E-state index in [1.54, 1.807) is 7.05 Å². The van der Waals surface area contributed by atoms with Crippen molar-refractivity contribution in [2.75, 3.05) is 33.3 Å². The Morgan fingerprint density at radius 3 is 2.60 bits per heavy atom. The summed E-state index contributed by atoms with van der Waals surface area (Å²) in [4.78, 5) is 37.3. The number of aliphatic hydroxyl groups is 1. The summed E-state index contributed by atoms with van der Waals surface area (Å²) in [6.45, 7) is 1.01. The highest BCUT2D eigenvalue weighted by Crippen LogP contribution is 2.44. The molecule has 0 atom stereocenters. The van der Waals surface area contributed by atoms with Crippen LogP contribution in [0.5, 0.6) is 0 Å². The van der Waals surface area contributed by atoms with Crippen LogP contribution in [0.15, 0.2) is 0 Å². The van der Waals surface area contributed by atoms with E-state index in [0.29, 0.717) is 13.0 Å². The van der Waals surface area contributed by atoms with Gasteiger partial charge >= 0.3 is 6.03 Å². The number of carbonyl (C=O) groups excluding carboxylic acids is 3. The van der Waals surface area contributed by atoms with Crippen LogP contribution < -0.4 is 5.32 Å². The van der Waals surface area contributed by atoms with Crippen LogP contribution in [0.4, 0.5) is 4.79 Å². The first kappa shape index (κ1) is 14.8. The Morgan fingerprint density at radius 2 is 2.10 bits per heavy atom. The number of carbonyl (C=O) groups is 3. The van der Waals surface area contributed by atoms with Crippen molar-refractivity contribution in [1.29, 1.82) is 0 Å². The van der Waals surface area contributed by atoms with Gasteiger partial charge in [-0.15, -0.1) is 0 Å². The first-order chi connectivity index (χ1) is 9.47. The molecule has 0 bridgehead atoms. The topological polar surface area (TPSA) is 90.0 Å². The molecule has 0 radical (unpaired) electrons. The molecule has 2 fully saturated rings. The molecule has 1 aliphatic heterocycles. The molecule has 20 heavy (non-hydrogen) atoms. The zero-order valence-corrected chi connectivity index (χ0v) is 11.7. The van der Waals surface area contributed by atoms with Gasteiger partial charge in [-0.1, -0.05) is 0 Å². The largest absolute Gasteiger partial charge is 0.396 e. The summed E-state index contributed by atoms with van der Waals surface area (Å²) in [7, 11) is 1.58. The van der Waals surface area contributed by atoms with E-state index in [4.69, 9.17) is 5.11 Å². The minimum atomic E-state index is -0.298. The molecule has 0 spiro atoms. The molecule has 0 aromatic carbocycles. The van der Waals surface area contributed by atoms with Crippen molar-refractivity contribution in [2.24, 2.45) is 5.41 Å². The van der Waals surface area contributed by atoms with Crippen LogP contribution in [-0.4, -0.2) is 66.0 Å². The third-order valence-corrected chi connectivity index (χ3v) is 3.97. The van der Waals surface area contributed by atoms with E-state index in [1.807, 2.05) is 0 Å². The smallest absolute Gasteiger partial charge is 0.326 e. The molecule has 112 valence electrons. The fourth-order valence-corrected chi connectivity index (χ4v) is 2.23. The number of aliphatic hydroxyl groups excluding tert-OH is 1. The van der Waals surface area contributed by atoms with Crippen LogP contribution in [0, 0.1) is 5.41 Å². The molecule has 1 saturated heterocycles. The first-order valence-electron chi connectivity index (χ1n) is 6.90. The van der Waals surface area contributed by atoms with Gasteiger partial charge in [0, 0.05) is 32.0 Å². The molecule has 7 heteroatoms. The van der Waals surface area contributed by atoms with E-state index in [-0.39, 0.29) is 49.4 Å². The zero-order chi connectivity index (χ0) is 14.8. The molecule has 1 aliphatic carbocycles. The summed E-state index contributed by atoms with van der Waals surface area (Å²) in [5.41, 5.74) is -0.0980. The van der Waals surface area contributed by atoms with Gasteiger partial charge in [-0.05, 0) is 19.3 Å². The SMILES string of the molecule is CN1CC(=O)N(CCCC(=O)NCC2(CO)CC2)C1=O. The van der Waals surface area contributed by atoms with E-state index in [2.05, 4.69) is 5.32 Å². The van der Waals surface area contributed by atoms with Gasteiger partial charge in [-0.2, -0.15) is 0 Å². The second-order valence-corrected chi connectivity index (χ2v) is 5.72. The van der Waals surface area contributed by atoms with Crippen LogP contribution in [0.1, 0.15) is 25.7 Å². The van der Waals surface area contributed by atoms with E-state index >= 15 is 0 Å². The lowest BCUT2D eigenvalue weighted by atomic mass is 10.1. The second kappa shape index (κ2) is 5.78. The molecule has 4 amide bonds. The lowest BCUT2D eigenvalue weighted by Gasteiger charge is -2.15. The summed E-state index contributed by atoms with van der Waals surface area (Å²) < 4.78 is 0. The van der Waals surface area contributed by atoms with Crippen molar-refractivity contribution < 1.29 is 19.5 Å². The molecule has 2 aliphatic rings. The molecule has 0 aromatic heterocycles. The van der Waals surface area contributed by atoms with Crippen LogP contribution in [0.25, 0.3) is 0 Å². The fourth-order valence-electron chi connectivity index (χ4n) is 2.23. The third kappa shape index (κ3) is 3.27. The van der Waals surface area contributed by atoms with Crippen molar-refractivity contribution in [2.45, 2.75) is 25.7 Å². The van der Waals surface area contributed by atoms with Crippen molar-refractivity contribution >= 4 is 17.8 Å². The van der Waals surface area contributed by atoms with Crippen LogP contribution >= 0.6 is 0 Å². The van der Waals surface area contributed by atoms with Gasteiger partial charge < -0.3 is 15.3 Å².